The second-order valence-corrected chi connectivity index (χ2v) is 4.83. The molecule has 0 fully saturated rings. The van der Waals surface area contributed by atoms with Crippen molar-refractivity contribution in [3.8, 4) is 5.69 Å². The fourth-order valence-corrected chi connectivity index (χ4v) is 2.00. The number of hydrogen-bond donors (Lipinski definition) is 1. The molecule has 0 saturated heterocycles. The number of benzene rings is 1. The van der Waals surface area contributed by atoms with E-state index in [-0.39, 0.29) is 0 Å². The zero-order valence-corrected chi connectivity index (χ0v) is 11.5. The Kier molecular flexibility index (Phi) is 4.39. The number of aryl methyl sites for hydroxylation is 1. The SMILES string of the molecule is CCCNCc1ccc(-n2cc(Cl)cn2)cc1C. The Balaban J connectivity index is 2.14. The van der Waals surface area contributed by atoms with E-state index in [0.29, 0.717) is 5.02 Å². The maximum Gasteiger partial charge on any atom is 0.0790 e. The van der Waals surface area contributed by atoms with Crippen molar-refractivity contribution in [1.29, 1.82) is 0 Å². The molecule has 0 bridgehead atoms. The van der Waals surface area contributed by atoms with E-state index >= 15 is 0 Å². The van der Waals surface area contributed by atoms with E-state index in [0.717, 1.165) is 25.2 Å². The smallest absolute Gasteiger partial charge is 0.0790 e. The normalized spacial score (nSPS) is 10.8. The van der Waals surface area contributed by atoms with Crippen molar-refractivity contribution < 1.29 is 0 Å². The van der Waals surface area contributed by atoms with E-state index in [2.05, 4.69) is 42.5 Å². The standard InChI is InChI=1S/C14H18ClN3/c1-3-6-16-8-12-4-5-14(7-11(12)2)18-10-13(15)9-17-18/h4-5,7,9-10,16H,3,6,8H2,1-2H3. The first-order valence-electron chi connectivity index (χ1n) is 6.21. The minimum absolute atomic E-state index is 0.654. The molecule has 0 saturated carbocycles. The molecule has 2 aromatic rings. The number of nitrogens with zero attached hydrogens (tertiary/aromatic N) is 2. The van der Waals surface area contributed by atoms with Crippen LogP contribution in [0.4, 0.5) is 0 Å². The van der Waals surface area contributed by atoms with Crippen LogP contribution in [0.2, 0.25) is 5.02 Å². The van der Waals surface area contributed by atoms with Crippen molar-refractivity contribution in [3.63, 3.8) is 0 Å². The number of aromatic nitrogens is 2. The fraction of sp³-hybridized carbons (Fsp3) is 0.357. The summed E-state index contributed by atoms with van der Waals surface area (Å²) in [6, 6.07) is 6.34. The third-order valence-corrected chi connectivity index (χ3v) is 3.08. The second-order valence-electron chi connectivity index (χ2n) is 4.39. The molecule has 0 spiro atoms. The van der Waals surface area contributed by atoms with Gasteiger partial charge in [0.05, 0.1) is 16.9 Å². The van der Waals surface area contributed by atoms with Crippen LogP contribution in [0.15, 0.2) is 30.6 Å². The van der Waals surface area contributed by atoms with Crippen LogP contribution in [0, 0.1) is 6.92 Å². The molecule has 0 aliphatic heterocycles. The molecular formula is C14H18ClN3. The Morgan fingerprint density at radius 3 is 2.83 bits per heavy atom. The zero-order chi connectivity index (χ0) is 13.0. The van der Waals surface area contributed by atoms with Crippen molar-refractivity contribution in [3.05, 3.63) is 46.7 Å². The van der Waals surface area contributed by atoms with Crippen LogP contribution in [0.25, 0.3) is 5.69 Å². The molecule has 4 heteroatoms. The van der Waals surface area contributed by atoms with Crippen LogP contribution in [-0.4, -0.2) is 16.3 Å². The molecule has 0 aliphatic carbocycles. The van der Waals surface area contributed by atoms with Crippen molar-refractivity contribution in [2.24, 2.45) is 0 Å². The van der Waals surface area contributed by atoms with E-state index in [1.807, 2.05) is 6.20 Å². The zero-order valence-electron chi connectivity index (χ0n) is 10.8. The Hall–Kier alpha value is -1.32. The topological polar surface area (TPSA) is 29.9 Å². The highest BCUT2D eigenvalue weighted by molar-refractivity contribution is 6.30. The highest BCUT2D eigenvalue weighted by Gasteiger charge is 2.03. The van der Waals surface area contributed by atoms with Gasteiger partial charge in [-0.3, -0.25) is 0 Å². The monoisotopic (exact) mass is 263 g/mol. The van der Waals surface area contributed by atoms with Crippen LogP contribution >= 0.6 is 11.6 Å². The summed E-state index contributed by atoms with van der Waals surface area (Å²) in [5, 5.41) is 8.27. The highest BCUT2D eigenvalue weighted by Crippen LogP contribution is 2.16. The summed E-state index contributed by atoms with van der Waals surface area (Å²) in [5.41, 5.74) is 3.63. The van der Waals surface area contributed by atoms with Gasteiger partial charge in [0.15, 0.2) is 0 Å². The van der Waals surface area contributed by atoms with Crippen molar-refractivity contribution >= 4 is 11.6 Å². The maximum absolute atomic E-state index is 5.87. The minimum atomic E-state index is 0.654. The predicted octanol–water partition coefficient (Wildman–Crippen LogP) is 3.33. The van der Waals surface area contributed by atoms with Gasteiger partial charge in [-0.15, -0.1) is 0 Å². The molecule has 0 radical (unpaired) electrons. The predicted molar refractivity (Wildman–Crippen MR) is 75.3 cm³/mol. The van der Waals surface area contributed by atoms with Crippen molar-refractivity contribution in [2.75, 3.05) is 6.54 Å². The Bertz CT molecular complexity index is 520. The first-order valence-corrected chi connectivity index (χ1v) is 6.59. The molecule has 1 heterocycles. The van der Waals surface area contributed by atoms with Gasteiger partial charge in [0.2, 0.25) is 0 Å². The average Bonchev–Trinajstić information content (AvgIpc) is 2.78. The first kappa shape index (κ1) is 13.1. The fourth-order valence-electron chi connectivity index (χ4n) is 1.86. The van der Waals surface area contributed by atoms with Gasteiger partial charge in [-0.1, -0.05) is 24.6 Å². The molecule has 0 aliphatic rings. The van der Waals surface area contributed by atoms with Crippen LogP contribution in [0.3, 0.4) is 0 Å². The quantitative estimate of drug-likeness (QED) is 0.839. The summed E-state index contributed by atoms with van der Waals surface area (Å²) >= 11 is 5.87. The lowest BCUT2D eigenvalue weighted by Gasteiger charge is -2.09. The van der Waals surface area contributed by atoms with Gasteiger partial charge in [-0.05, 0) is 43.1 Å². The summed E-state index contributed by atoms with van der Waals surface area (Å²) in [4.78, 5) is 0. The largest absolute Gasteiger partial charge is 0.313 e. The molecule has 3 nitrogen and oxygen atoms in total. The van der Waals surface area contributed by atoms with Gasteiger partial charge in [0.1, 0.15) is 0 Å². The minimum Gasteiger partial charge on any atom is -0.313 e. The number of rotatable bonds is 5. The second kappa shape index (κ2) is 6.03. The summed E-state index contributed by atoms with van der Waals surface area (Å²) in [5.74, 6) is 0. The van der Waals surface area contributed by atoms with E-state index in [9.17, 15) is 0 Å². The summed E-state index contributed by atoms with van der Waals surface area (Å²) < 4.78 is 1.79. The molecule has 0 unspecified atom stereocenters. The van der Waals surface area contributed by atoms with Crippen LogP contribution in [0.1, 0.15) is 24.5 Å². The molecule has 96 valence electrons. The van der Waals surface area contributed by atoms with Crippen LogP contribution in [-0.2, 0) is 6.54 Å². The maximum atomic E-state index is 5.87. The molecular weight excluding hydrogens is 246 g/mol. The van der Waals surface area contributed by atoms with Gasteiger partial charge < -0.3 is 5.32 Å². The Morgan fingerprint density at radius 1 is 1.39 bits per heavy atom. The molecule has 1 aromatic carbocycles. The summed E-state index contributed by atoms with van der Waals surface area (Å²) in [7, 11) is 0. The molecule has 1 N–H and O–H groups in total. The lowest BCUT2D eigenvalue weighted by molar-refractivity contribution is 0.673. The van der Waals surface area contributed by atoms with Crippen molar-refractivity contribution in [1.82, 2.24) is 15.1 Å². The molecule has 0 atom stereocenters. The number of nitrogens with one attached hydrogen (secondary N) is 1. The third kappa shape index (κ3) is 3.12. The van der Waals surface area contributed by atoms with Crippen LogP contribution in [0.5, 0.6) is 0 Å². The van der Waals surface area contributed by atoms with Gasteiger partial charge in [0, 0.05) is 12.7 Å². The summed E-state index contributed by atoms with van der Waals surface area (Å²) in [6.45, 7) is 6.26. The third-order valence-electron chi connectivity index (χ3n) is 2.88. The number of hydrogen-bond acceptors (Lipinski definition) is 2. The summed E-state index contributed by atoms with van der Waals surface area (Å²) in [6.07, 6.45) is 4.61. The van der Waals surface area contributed by atoms with E-state index in [4.69, 9.17) is 11.6 Å². The lowest BCUT2D eigenvalue weighted by atomic mass is 10.1. The van der Waals surface area contributed by atoms with E-state index in [1.165, 1.54) is 11.1 Å². The first-order chi connectivity index (χ1) is 8.70. The molecule has 1 aromatic heterocycles. The van der Waals surface area contributed by atoms with Crippen LogP contribution < -0.4 is 5.32 Å². The Labute approximate surface area is 113 Å². The lowest BCUT2D eigenvalue weighted by Crippen LogP contribution is -2.14. The van der Waals surface area contributed by atoms with Crippen molar-refractivity contribution in [2.45, 2.75) is 26.8 Å². The molecule has 0 amide bonds. The van der Waals surface area contributed by atoms with Gasteiger partial charge in [-0.25, -0.2) is 4.68 Å². The Morgan fingerprint density at radius 2 is 2.22 bits per heavy atom. The average molecular weight is 264 g/mol. The number of halogens is 1. The van der Waals surface area contributed by atoms with Gasteiger partial charge in [0.25, 0.3) is 0 Å². The highest BCUT2D eigenvalue weighted by atomic mass is 35.5. The molecule has 18 heavy (non-hydrogen) atoms. The van der Waals surface area contributed by atoms with Gasteiger partial charge in [-0.2, -0.15) is 5.10 Å². The van der Waals surface area contributed by atoms with E-state index < -0.39 is 0 Å². The molecule has 2 rings (SSSR count). The van der Waals surface area contributed by atoms with Gasteiger partial charge >= 0.3 is 0 Å². The van der Waals surface area contributed by atoms with E-state index in [1.54, 1.807) is 10.9 Å².